The molecule has 1 aliphatic carbocycles. The van der Waals surface area contributed by atoms with E-state index in [1.54, 1.807) is 11.8 Å². The van der Waals surface area contributed by atoms with Gasteiger partial charge < -0.3 is 10.4 Å². The standard InChI is InChI=1S/C12H19N3OS/c1-17-8-10(5-7-16)14-11-4-6-13-12(15-11)9-2-3-9/h4,6,9-10,16H,2-3,5,7-8H2,1H3,(H,13,14,15). The lowest BCUT2D eigenvalue weighted by Gasteiger charge is -2.17. The molecule has 0 radical (unpaired) electrons. The highest BCUT2D eigenvalue weighted by Gasteiger charge is 2.26. The van der Waals surface area contributed by atoms with Gasteiger partial charge in [-0.15, -0.1) is 0 Å². The average Bonchev–Trinajstić information content (AvgIpc) is 3.14. The smallest absolute Gasteiger partial charge is 0.133 e. The Kier molecular flexibility index (Phi) is 4.62. The third kappa shape index (κ3) is 3.85. The summed E-state index contributed by atoms with van der Waals surface area (Å²) in [4.78, 5) is 8.82. The quantitative estimate of drug-likeness (QED) is 0.777. The number of hydrogen-bond acceptors (Lipinski definition) is 5. The van der Waals surface area contributed by atoms with Crippen LogP contribution in [0.5, 0.6) is 0 Å². The number of aromatic nitrogens is 2. The fraction of sp³-hybridized carbons (Fsp3) is 0.667. The molecule has 1 aromatic heterocycles. The molecular formula is C12H19N3OS. The van der Waals surface area contributed by atoms with Crippen LogP contribution in [0.2, 0.25) is 0 Å². The van der Waals surface area contributed by atoms with Crippen LogP contribution >= 0.6 is 11.8 Å². The minimum Gasteiger partial charge on any atom is -0.396 e. The third-order valence-electron chi connectivity index (χ3n) is 2.81. The number of rotatable bonds is 7. The van der Waals surface area contributed by atoms with Gasteiger partial charge >= 0.3 is 0 Å². The summed E-state index contributed by atoms with van der Waals surface area (Å²) in [7, 11) is 0. The third-order valence-corrected chi connectivity index (χ3v) is 3.55. The SMILES string of the molecule is CSCC(CCO)Nc1ccnc(C2CC2)n1. The predicted octanol–water partition coefficient (Wildman–Crippen LogP) is 1.88. The van der Waals surface area contributed by atoms with E-state index in [-0.39, 0.29) is 12.6 Å². The van der Waals surface area contributed by atoms with Crippen LogP contribution in [0.4, 0.5) is 5.82 Å². The summed E-state index contributed by atoms with van der Waals surface area (Å²) >= 11 is 1.77. The molecule has 0 aliphatic heterocycles. The summed E-state index contributed by atoms with van der Waals surface area (Å²) in [5, 5.41) is 12.4. The molecule has 1 aliphatic rings. The summed E-state index contributed by atoms with van der Waals surface area (Å²) in [6.45, 7) is 0.207. The lowest BCUT2D eigenvalue weighted by atomic mass is 10.2. The second-order valence-corrected chi connectivity index (χ2v) is 5.29. The zero-order valence-electron chi connectivity index (χ0n) is 10.1. The van der Waals surface area contributed by atoms with Crippen molar-refractivity contribution in [1.29, 1.82) is 0 Å². The van der Waals surface area contributed by atoms with Crippen LogP contribution in [0.3, 0.4) is 0 Å². The molecule has 0 amide bonds. The zero-order chi connectivity index (χ0) is 12.1. The van der Waals surface area contributed by atoms with E-state index < -0.39 is 0 Å². The molecule has 2 rings (SSSR count). The molecule has 0 saturated heterocycles. The van der Waals surface area contributed by atoms with E-state index in [9.17, 15) is 0 Å². The van der Waals surface area contributed by atoms with Gasteiger partial charge in [0, 0.05) is 30.5 Å². The monoisotopic (exact) mass is 253 g/mol. The minimum absolute atomic E-state index is 0.207. The number of anilines is 1. The van der Waals surface area contributed by atoms with Crippen LogP contribution in [0, 0.1) is 0 Å². The first kappa shape index (κ1) is 12.6. The minimum atomic E-state index is 0.207. The molecule has 1 fully saturated rings. The van der Waals surface area contributed by atoms with E-state index in [2.05, 4.69) is 21.5 Å². The van der Waals surface area contributed by atoms with Crippen molar-refractivity contribution in [3.05, 3.63) is 18.1 Å². The van der Waals surface area contributed by atoms with E-state index in [0.29, 0.717) is 5.92 Å². The molecule has 0 spiro atoms. The van der Waals surface area contributed by atoms with Gasteiger partial charge in [0.15, 0.2) is 0 Å². The number of nitrogens with zero attached hydrogens (tertiary/aromatic N) is 2. The van der Waals surface area contributed by atoms with Crippen LogP contribution in [0.15, 0.2) is 12.3 Å². The van der Waals surface area contributed by atoms with Crippen LogP contribution in [0.25, 0.3) is 0 Å². The largest absolute Gasteiger partial charge is 0.396 e. The highest BCUT2D eigenvalue weighted by Crippen LogP contribution is 2.38. The van der Waals surface area contributed by atoms with E-state index in [4.69, 9.17) is 5.11 Å². The van der Waals surface area contributed by atoms with Gasteiger partial charge in [0.05, 0.1) is 0 Å². The molecule has 94 valence electrons. The van der Waals surface area contributed by atoms with Crippen LogP contribution in [0.1, 0.15) is 31.0 Å². The molecule has 1 atom stereocenters. The maximum Gasteiger partial charge on any atom is 0.133 e. The van der Waals surface area contributed by atoms with Crippen molar-refractivity contribution in [3.63, 3.8) is 0 Å². The van der Waals surface area contributed by atoms with Crippen molar-refractivity contribution in [2.75, 3.05) is 23.9 Å². The number of aliphatic hydroxyl groups excluding tert-OH is 1. The molecular weight excluding hydrogens is 234 g/mol. The van der Waals surface area contributed by atoms with Gasteiger partial charge in [-0.05, 0) is 31.6 Å². The van der Waals surface area contributed by atoms with Gasteiger partial charge in [-0.25, -0.2) is 9.97 Å². The summed E-state index contributed by atoms with van der Waals surface area (Å²) in [6, 6.07) is 2.17. The molecule has 5 heteroatoms. The fourth-order valence-electron chi connectivity index (χ4n) is 1.76. The van der Waals surface area contributed by atoms with Gasteiger partial charge in [-0.2, -0.15) is 11.8 Å². The number of nitrogens with one attached hydrogen (secondary N) is 1. The van der Waals surface area contributed by atoms with Gasteiger partial charge in [0.25, 0.3) is 0 Å². The maximum absolute atomic E-state index is 9.01. The average molecular weight is 253 g/mol. The molecule has 0 bridgehead atoms. The van der Waals surface area contributed by atoms with E-state index >= 15 is 0 Å². The molecule has 17 heavy (non-hydrogen) atoms. The second kappa shape index (κ2) is 6.21. The van der Waals surface area contributed by atoms with E-state index in [0.717, 1.165) is 23.8 Å². The fourth-order valence-corrected chi connectivity index (χ4v) is 2.41. The molecule has 0 aromatic carbocycles. The Balaban J connectivity index is 1.97. The van der Waals surface area contributed by atoms with Crippen molar-refractivity contribution < 1.29 is 5.11 Å². The predicted molar refractivity (Wildman–Crippen MR) is 71.5 cm³/mol. The van der Waals surface area contributed by atoms with Crippen molar-refractivity contribution in [3.8, 4) is 0 Å². The Hall–Kier alpha value is -0.810. The summed E-state index contributed by atoms with van der Waals surface area (Å²) < 4.78 is 0. The Bertz CT molecular complexity index is 351. The van der Waals surface area contributed by atoms with Crippen molar-refractivity contribution in [2.45, 2.75) is 31.2 Å². The number of thioether (sulfide) groups is 1. The van der Waals surface area contributed by atoms with Gasteiger partial charge in [0.2, 0.25) is 0 Å². The van der Waals surface area contributed by atoms with Gasteiger partial charge in [0.1, 0.15) is 11.6 Å². The summed E-state index contributed by atoms with van der Waals surface area (Å²) in [6.07, 6.45) is 7.08. The summed E-state index contributed by atoms with van der Waals surface area (Å²) in [5.41, 5.74) is 0. The molecule has 2 N–H and O–H groups in total. The first-order valence-electron chi connectivity index (χ1n) is 6.02. The Morgan fingerprint density at radius 1 is 1.59 bits per heavy atom. The topological polar surface area (TPSA) is 58.0 Å². The highest BCUT2D eigenvalue weighted by atomic mass is 32.2. The zero-order valence-corrected chi connectivity index (χ0v) is 10.9. The van der Waals surface area contributed by atoms with Crippen molar-refractivity contribution >= 4 is 17.6 Å². The molecule has 4 nitrogen and oxygen atoms in total. The second-order valence-electron chi connectivity index (χ2n) is 4.38. The Morgan fingerprint density at radius 3 is 3.06 bits per heavy atom. The van der Waals surface area contributed by atoms with Crippen molar-refractivity contribution in [2.24, 2.45) is 0 Å². The number of aliphatic hydroxyl groups is 1. The first-order chi connectivity index (χ1) is 8.33. The highest BCUT2D eigenvalue weighted by molar-refractivity contribution is 7.98. The molecule has 1 saturated carbocycles. The first-order valence-corrected chi connectivity index (χ1v) is 7.42. The molecule has 1 unspecified atom stereocenters. The van der Waals surface area contributed by atoms with Gasteiger partial charge in [-0.3, -0.25) is 0 Å². The Morgan fingerprint density at radius 2 is 2.41 bits per heavy atom. The Labute approximate surface area is 106 Å². The van der Waals surface area contributed by atoms with Crippen LogP contribution in [-0.2, 0) is 0 Å². The molecule has 1 heterocycles. The lowest BCUT2D eigenvalue weighted by Crippen LogP contribution is -2.24. The van der Waals surface area contributed by atoms with E-state index in [1.165, 1.54) is 12.8 Å². The van der Waals surface area contributed by atoms with Crippen LogP contribution in [-0.4, -0.2) is 39.7 Å². The molecule has 1 aromatic rings. The maximum atomic E-state index is 9.01. The van der Waals surface area contributed by atoms with Gasteiger partial charge in [-0.1, -0.05) is 0 Å². The lowest BCUT2D eigenvalue weighted by molar-refractivity contribution is 0.282. The van der Waals surface area contributed by atoms with E-state index in [1.807, 2.05) is 12.3 Å². The normalized spacial score (nSPS) is 16.8. The van der Waals surface area contributed by atoms with Crippen LogP contribution < -0.4 is 5.32 Å². The number of hydrogen-bond donors (Lipinski definition) is 2. The van der Waals surface area contributed by atoms with Crippen molar-refractivity contribution in [1.82, 2.24) is 9.97 Å². The summed E-state index contributed by atoms with van der Waals surface area (Å²) in [5.74, 6) is 3.40.